The summed E-state index contributed by atoms with van der Waals surface area (Å²) in [5.74, 6) is -4.67. The number of barbiturate groups is 4. The Hall–Kier alpha value is -12.9. The summed E-state index contributed by atoms with van der Waals surface area (Å²) in [6.45, 7) is 23.3. The van der Waals surface area contributed by atoms with Gasteiger partial charge in [0.2, 0.25) is 17.7 Å². The van der Waals surface area contributed by atoms with E-state index in [0.717, 1.165) is 151 Å². The number of aliphatic imine (C=N–C) groups is 2. The molecule has 0 radical (unpaired) electrons. The van der Waals surface area contributed by atoms with E-state index in [4.69, 9.17) is 14.6 Å². The highest BCUT2D eigenvalue weighted by molar-refractivity contribution is 6.30. The summed E-state index contributed by atoms with van der Waals surface area (Å²) in [7, 11) is 14.6. The average molecular weight is 1800 g/mol. The van der Waals surface area contributed by atoms with Crippen molar-refractivity contribution in [3.8, 4) is 5.88 Å². The second kappa shape index (κ2) is 62.3. The molecule has 12 rings (SSSR count). The molecule has 6 N–H and O–H groups in total. The Bertz CT molecular complexity index is 4450. The molecule has 8 saturated heterocycles. The number of rotatable bonds is 17. The zero-order chi connectivity index (χ0) is 94.3. The number of nitrogens with one attached hydrogen (secondary N) is 4. The maximum Gasteiger partial charge on any atom is 0.333 e. The highest BCUT2D eigenvalue weighted by atomic mass is 35.5. The number of aliphatic hydroxyl groups is 1. The molecule has 128 heavy (non-hydrogen) atoms. The minimum atomic E-state index is -0.616. The second-order valence-electron chi connectivity index (χ2n) is 28.2. The summed E-state index contributed by atoms with van der Waals surface area (Å²) < 4.78 is 12.2. The fraction of sp³-hybridized carbons (Fsp3) is 0.422. The number of amides is 16. The van der Waals surface area contributed by atoms with Crippen molar-refractivity contribution in [1.82, 2.24) is 79.0 Å². The van der Waals surface area contributed by atoms with Gasteiger partial charge in [-0.3, -0.25) is 101 Å². The SMILES string of the molecule is C(/C=C/Nc1ccccc1)=Nc1ccccc1.C1CCNCC1.C1COCCN1.CCN(/C=C/C=C1C(=O)N(C)C(=O)N(C)C1=O)CC.CCNCC.CN1C(=O)C(=C/C=C/N2CCCCC2)C(=O)N(C)C1=O.CN1C(=O)C(=C/C=C/N2CCOCC2)C(=O)N(C)C1=O.CN1C(=O)CC(=O)N(C)C1=O.CO.Cl.Cn1c(O)c(C=CC=Nc2ccccc2)c(=O)n(C)c1=O. The number of halogens is 1. The number of benzene rings is 3. The standard InChI is InChI=1S/C15H15N3O3.C15H14N2.C14H19N3O3.C13H17N3O4.C13H19N3O3.C6H8N2O3.C5H11N.C4H9NO.C4H11N.CH4O.ClH/c1-17-13(19)12(14(20)18(2)15(17)21)9-6-10-16-11-7-4-3-5-8-11;1-3-8-14(9-4-1)16-12-7-13-17-15-10-5-2-6-11-15;1-15-12(18)11(13(19)16(2)14(15)20)7-6-10-17-8-4-3-5-9-17;1-14-11(17)10(12(18)15(2)13(14)19)4-3-5-16-6-8-20-9-7-16;1-5-16(6-2)9-7-8-10-11(17)14(3)13(19)15(4)12(10)18;1-7-4(9)3-5(10)8(2)6(7)11;1-2-4-6-5-3-1;1-3-6-4-2-5-1;1-3-5-4-2;1-2;/h3-10,19H,1-2H3;1-13,16H;6-7,10H,3-5,8-9H2,1-2H3;3-5H,6-9H2,1-2H3;7-9H,5-6H2,1-4H3;3H2,1-2H3;6H,1-5H2;5H,1-4H2;5H,3-4H2,1-2H3;2H,1H3;1H/b;12-7+,17-13?;10-6+;5-3+;9-7+;;;;;;. The van der Waals surface area contributed by atoms with Crippen LogP contribution in [0.5, 0.6) is 5.88 Å². The molecule has 4 aromatic rings. The molecule has 0 aliphatic carbocycles. The van der Waals surface area contributed by atoms with Gasteiger partial charge in [-0.05, 0) is 182 Å². The molecule has 38 heteroatoms. The lowest BCUT2D eigenvalue weighted by Crippen LogP contribution is -2.53. The summed E-state index contributed by atoms with van der Waals surface area (Å²) in [5, 5.41) is 29.6. The van der Waals surface area contributed by atoms with Crippen LogP contribution in [0.3, 0.4) is 0 Å². The topological polar surface area (TPSA) is 416 Å². The van der Waals surface area contributed by atoms with Crippen LogP contribution in [0.4, 0.5) is 36.2 Å². The number of morpholine rings is 2. The zero-order valence-electron chi connectivity index (χ0n) is 76.1. The number of likely N-dealkylation sites (N-methyl/N-ethyl adjacent to an activating group) is 6. The normalized spacial score (nSPS) is 16.8. The van der Waals surface area contributed by atoms with Crippen LogP contribution in [0.15, 0.2) is 201 Å². The second-order valence-corrected chi connectivity index (χ2v) is 28.2. The van der Waals surface area contributed by atoms with Crippen molar-refractivity contribution in [1.29, 1.82) is 0 Å². The Labute approximate surface area is 755 Å². The number of allylic oxidation sites excluding steroid dienone is 8. The monoisotopic (exact) mass is 1800 g/mol. The van der Waals surface area contributed by atoms with Crippen LogP contribution in [0.25, 0.3) is 6.08 Å². The summed E-state index contributed by atoms with van der Waals surface area (Å²) >= 11 is 0. The fourth-order valence-electron chi connectivity index (χ4n) is 11.5. The Kier molecular flexibility index (Phi) is 54.1. The Morgan fingerprint density at radius 2 is 0.797 bits per heavy atom. The molecular weight excluding hydrogens is 1670 g/mol. The first-order chi connectivity index (χ1) is 60.9. The van der Waals surface area contributed by atoms with E-state index in [9.17, 15) is 72.2 Å². The number of likely N-dealkylation sites (tertiary alicyclic amines) is 1. The number of anilines is 1. The van der Waals surface area contributed by atoms with Crippen LogP contribution < -0.4 is 32.5 Å². The van der Waals surface area contributed by atoms with E-state index in [0.29, 0.717) is 13.2 Å². The largest absolute Gasteiger partial charge is 0.494 e. The van der Waals surface area contributed by atoms with E-state index in [1.165, 1.54) is 159 Å². The maximum absolute atomic E-state index is 11.9. The first kappa shape index (κ1) is 111. The fourth-order valence-corrected chi connectivity index (χ4v) is 11.5. The molecule has 8 aliphatic heterocycles. The molecule has 0 spiro atoms. The third-order valence-electron chi connectivity index (χ3n) is 19.2. The third kappa shape index (κ3) is 37.7. The van der Waals surface area contributed by atoms with Gasteiger partial charge in [-0.25, -0.2) is 24.0 Å². The van der Waals surface area contributed by atoms with Gasteiger partial charge in [0.25, 0.3) is 41.0 Å². The van der Waals surface area contributed by atoms with Crippen molar-refractivity contribution >= 4 is 119 Å². The van der Waals surface area contributed by atoms with Gasteiger partial charge >= 0.3 is 29.8 Å². The summed E-state index contributed by atoms with van der Waals surface area (Å²) in [4.78, 5) is 184. The van der Waals surface area contributed by atoms with Crippen LogP contribution >= 0.6 is 12.4 Å². The number of hydrogen-bond donors (Lipinski definition) is 6. The van der Waals surface area contributed by atoms with Gasteiger partial charge in [0, 0.05) is 154 Å². The molecule has 698 valence electrons. The quantitative estimate of drug-likeness (QED) is 0.0262. The van der Waals surface area contributed by atoms with Gasteiger partial charge < -0.3 is 55.7 Å². The van der Waals surface area contributed by atoms with Crippen LogP contribution in [0, 0.1) is 0 Å². The molecule has 8 aliphatic rings. The number of ether oxygens (including phenoxy) is 2. The van der Waals surface area contributed by atoms with Crippen LogP contribution in [0.2, 0.25) is 0 Å². The van der Waals surface area contributed by atoms with E-state index in [1.807, 2.05) is 146 Å². The number of imide groups is 8. The summed E-state index contributed by atoms with van der Waals surface area (Å²) in [6.07, 6.45) is 32.4. The van der Waals surface area contributed by atoms with Crippen molar-refractivity contribution in [3.05, 3.63) is 208 Å². The van der Waals surface area contributed by atoms with Gasteiger partial charge in [0.15, 0.2) is 0 Å². The van der Waals surface area contributed by atoms with Gasteiger partial charge in [-0.15, -0.1) is 12.4 Å². The molecule has 16 amide bonds. The molecule has 1 aromatic heterocycles. The third-order valence-corrected chi connectivity index (χ3v) is 19.2. The number of para-hydroxylation sites is 3. The number of aliphatic hydroxyl groups excluding tert-OH is 1. The molecule has 37 nitrogen and oxygen atoms in total. The molecule has 0 saturated carbocycles. The predicted octanol–water partition coefficient (Wildman–Crippen LogP) is 7.25. The van der Waals surface area contributed by atoms with E-state index in [-0.39, 0.29) is 47.0 Å². The van der Waals surface area contributed by atoms with Gasteiger partial charge in [-0.1, -0.05) is 74.9 Å². The number of carbonyl (C=O) groups excluding carboxylic acids is 12. The molecule has 0 unspecified atom stereocenters. The van der Waals surface area contributed by atoms with Crippen LogP contribution in [-0.2, 0) is 61.9 Å². The number of piperidine rings is 2. The van der Waals surface area contributed by atoms with E-state index >= 15 is 0 Å². The minimum absolute atomic E-state index is 0. The highest BCUT2D eigenvalue weighted by Gasteiger charge is 2.40. The summed E-state index contributed by atoms with van der Waals surface area (Å²) in [6, 6.07) is 26.8. The van der Waals surface area contributed by atoms with Crippen molar-refractivity contribution in [2.75, 3.05) is 174 Å². The van der Waals surface area contributed by atoms with Gasteiger partial charge in [0.05, 0.1) is 37.8 Å². The molecule has 8 fully saturated rings. The first-order valence-corrected chi connectivity index (χ1v) is 41.7. The smallest absolute Gasteiger partial charge is 0.333 e. The van der Waals surface area contributed by atoms with Crippen molar-refractivity contribution < 1.29 is 77.2 Å². The Morgan fingerprint density at radius 3 is 1.16 bits per heavy atom. The average Bonchev–Trinajstić information content (AvgIpc) is 0.813. The number of urea groups is 4. The number of aromatic nitrogens is 2. The number of hydrogen-bond acceptors (Lipinski definition) is 27. The van der Waals surface area contributed by atoms with Crippen LogP contribution in [-0.4, -0.2) is 326 Å². The molecule has 3 aromatic carbocycles. The van der Waals surface area contributed by atoms with E-state index < -0.39 is 82.6 Å². The predicted molar refractivity (Wildman–Crippen MR) is 497 cm³/mol. The van der Waals surface area contributed by atoms with E-state index in [2.05, 4.69) is 50.0 Å². The Morgan fingerprint density at radius 1 is 0.430 bits per heavy atom. The number of nitrogens with zero attached hydrogens (tertiary/aromatic N) is 15. The number of aromatic hydroxyl groups is 1. The highest BCUT2D eigenvalue weighted by Crippen LogP contribution is 2.20. The lowest BCUT2D eigenvalue weighted by molar-refractivity contribution is -0.141. The van der Waals surface area contributed by atoms with Crippen LogP contribution in [0.1, 0.15) is 78.2 Å². The maximum atomic E-state index is 11.9. The van der Waals surface area contributed by atoms with Crippen molar-refractivity contribution in [2.45, 2.75) is 72.6 Å². The van der Waals surface area contributed by atoms with Crippen molar-refractivity contribution in [2.24, 2.45) is 24.1 Å². The molecule has 9 heterocycles. The van der Waals surface area contributed by atoms with Gasteiger partial charge in [-0.2, -0.15) is 0 Å². The lowest BCUT2D eigenvalue weighted by Gasteiger charge is -2.28. The molecule has 0 bridgehead atoms. The van der Waals surface area contributed by atoms with E-state index in [1.54, 1.807) is 24.4 Å². The zero-order valence-corrected chi connectivity index (χ0v) is 76.9. The summed E-state index contributed by atoms with van der Waals surface area (Å²) in [5.41, 5.74) is 1.70. The number of carbonyl (C=O) groups is 12. The van der Waals surface area contributed by atoms with Crippen molar-refractivity contribution in [3.63, 3.8) is 0 Å². The molecule has 0 atom stereocenters. The molecular formula is C90H128ClN19O18. The van der Waals surface area contributed by atoms with Gasteiger partial charge in [0.1, 0.15) is 28.7 Å². The Balaban J connectivity index is 0.000000500. The first-order valence-electron chi connectivity index (χ1n) is 41.7. The lowest BCUT2D eigenvalue weighted by atomic mass is 10.1. The minimum Gasteiger partial charge on any atom is -0.494 e.